The molecule has 31 heavy (non-hydrogen) atoms. The van der Waals surface area contributed by atoms with Crippen LogP contribution in [0, 0.1) is 20.8 Å². The van der Waals surface area contributed by atoms with Crippen molar-refractivity contribution >= 4 is 44.9 Å². The number of ether oxygens (including phenoxy) is 1. The minimum Gasteiger partial charge on any atom is -0.495 e. The molecule has 1 amide bonds. The zero-order chi connectivity index (χ0) is 22.7. The van der Waals surface area contributed by atoms with Crippen LogP contribution in [0.3, 0.4) is 0 Å². The van der Waals surface area contributed by atoms with Gasteiger partial charge in [0.1, 0.15) is 10.6 Å². The zero-order valence-corrected chi connectivity index (χ0v) is 20.5. The first kappa shape index (κ1) is 23.3. The molecule has 0 radical (unpaired) electrons. The number of hydrogen-bond donors (Lipinski definition) is 1. The lowest BCUT2D eigenvalue weighted by atomic mass is 10.2. The smallest absolute Gasteiger partial charge is 0.263 e. The molecule has 1 unspecified atom stereocenters. The molecule has 2 aromatic heterocycles. The van der Waals surface area contributed by atoms with Crippen molar-refractivity contribution in [1.29, 1.82) is 0 Å². The van der Waals surface area contributed by atoms with E-state index in [1.165, 1.54) is 23.1 Å². The second-order valence-electron chi connectivity index (χ2n) is 7.62. The molecular weight excluding hydrogens is 430 g/mol. The van der Waals surface area contributed by atoms with Crippen LogP contribution >= 0.6 is 23.1 Å². The molecule has 0 fully saturated rings. The van der Waals surface area contributed by atoms with E-state index in [2.05, 4.69) is 12.2 Å². The van der Waals surface area contributed by atoms with Gasteiger partial charge in [-0.15, -0.1) is 11.3 Å². The summed E-state index contributed by atoms with van der Waals surface area (Å²) in [5.74, 6) is 0.448. The van der Waals surface area contributed by atoms with E-state index >= 15 is 0 Å². The summed E-state index contributed by atoms with van der Waals surface area (Å²) in [6, 6.07) is 5.65. The van der Waals surface area contributed by atoms with E-state index in [1.54, 1.807) is 11.7 Å². The Kier molecular flexibility index (Phi) is 7.43. The van der Waals surface area contributed by atoms with Gasteiger partial charge in [-0.05, 0) is 57.4 Å². The molecular formula is C23H29N3O3S2. The summed E-state index contributed by atoms with van der Waals surface area (Å²) < 4.78 is 7.09. The van der Waals surface area contributed by atoms with Gasteiger partial charge in [0, 0.05) is 11.4 Å². The second kappa shape index (κ2) is 9.87. The lowest BCUT2D eigenvalue weighted by Crippen LogP contribution is -2.27. The van der Waals surface area contributed by atoms with E-state index in [1.807, 2.05) is 45.9 Å². The number of nitrogens with one attached hydrogen (secondary N) is 1. The molecule has 1 N–H and O–H groups in total. The van der Waals surface area contributed by atoms with Gasteiger partial charge >= 0.3 is 0 Å². The number of thioether (sulfide) groups is 1. The molecule has 2 heterocycles. The average molecular weight is 460 g/mol. The van der Waals surface area contributed by atoms with E-state index in [0.29, 0.717) is 28.5 Å². The molecule has 0 spiro atoms. The van der Waals surface area contributed by atoms with E-state index in [4.69, 9.17) is 9.72 Å². The summed E-state index contributed by atoms with van der Waals surface area (Å²) in [5.41, 5.74) is 2.64. The topological polar surface area (TPSA) is 73.2 Å². The fourth-order valence-corrected chi connectivity index (χ4v) is 5.28. The number of unbranched alkanes of at least 4 members (excludes halogenated alkanes) is 1. The monoisotopic (exact) mass is 459 g/mol. The minimum atomic E-state index is -0.440. The number of amides is 1. The number of anilines is 1. The van der Waals surface area contributed by atoms with Gasteiger partial charge in [-0.2, -0.15) is 0 Å². The number of fused-ring (bicyclic) bond motifs is 1. The number of rotatable bonds is 8. The van der Waals surface area contributed by atoms with Gasteiger partial charge in [-0.1, -0.05) is 31.2 Å². The number of thiophene rings is 1. The van der Waals surface area contributed by atoms with Crippen LogP contribution in [0.1, 0.15) is 42.7 Å². The van der Waals surface area contributed by atoms with Crippen LogP contribution in [-0.2, 0) is 11.3 Å². The fraction of sp³-hybridized carbons (Fsp3) is 0.435. The highest BCUT2D eigenvalue weighted by Crippen LogP contribution is 2.31. The Hall–Kier alpha value is -2.32. The van der Waals surface area contributed by atoms with Crippen molar-refractivity contribution in [3.63, 3.8) is 0 Å². The largest absolute Gasteiger partial charge is 0.495 e. The van der Waals surface area contributed by atoms with Gasteiger partial charge in [0.2, 0.25) is 5.91 Å². The van der Waals surface area contributed by atoms with Crippen LogP contribution in [0.5, 0.6) is 5.75 Å². The maximum absolute atomic E-state index is 13.3. The predicted octanol–water partition coefficient (Wildman–Crippen LogP) is 5.31. The number of hydrogen-bond acceptors (Lipinski definition) is 6. The Morgan fingerprint density at radius 2 is 2.06 bits per heavy atom. The molecule has 166 valence electrons. The second-order valence-corrected chi connectivity index (χ2v) is 10.1. The van der Waals surface area contributed by atoms with Crippen molar-refractivity contribution in [2.75, 3.05) is 12.4 Å². The Labute approximate surface area is 191 Å². The average Bonchev–Trinajstić information content (AvgIpc) is 3.01. The van der Waals surface area contributed by atoms with Crippen LogP contribution in [0.25, 0.3) is 10.2 Å². The van der Waals surface area contributed by atoms with Crippen molar-refractivity contribution in [2.45, 2.75) is 64.4 Å². The summed E-state index contributed by atoms with van der Waals surface area (Å²) in [6.07, 6.45) is 1.85. The van der Waals surface area contributed by atoms with Crippen molar-refractivity contribution in [3.05, 3.63) is 44.6 Å². The van der Waals surface area contributed by atoms with Gasteiger partial charge in [0.15, 0.2) is 5.16 Å². The van der Waals surface area contributed by atoms with E-state index in [0.717, 1.165) is 33.7 Å². The SMILES string of the molecule is CCCCn1c(SC(C)C(=O)Nc2cc(C)ccc2OC)nc2sc(C)c(C)c2c1=O. The highest BCUT2D eigenvalue weighted by atomic mass is 32.2. The third kappa shape index (κ3) is 4.96. The highest BCUT2D eigenvalue weighted by molar-refractivity contribution is 8.00. The van der Waals surface area contributed by atoms with Crippen molar-refractivity contribution in [3.8, 4) is 5.75 Å². The summed E-state index contributed by atoms with van der Waals surface area (Å²) in [7, 11) is 1.58. The molecule has 3 rings (SSSR count). The molecule has 0 bridgehead atoms. The van der Waals surface area contributed by atoms with Gasteiger partial charge in [-0.25, -0.2) is 4.98 Å². The summed E-state index contributed by atoms with van der Waals surface area (Å²) in [5, 5.41) is 3.80. The molecule has 1 aromatic carbocycles. The Bertz CT molecular complexity index is 1170. The Morgan fingerprint density at radius 1 is 1.32 bits per heavy atom. The molecule has 0 aliphatic rings. The molecule has 0 aliphatic heterocycles. The maximum atomic E-state index is 13.3. The summed E-state index contributed by atoms with van der Waals surface area (Å²) in [6.45, 7) is 10.5. The van der Waals surface area contributed by atoms with Crippen molar-refractivity contribution < 1.29 is 9.53 Å². The van der Waals surface area contributed by atoms with E-state index in [-0.39, 0.29) is 11.5 Å². The molecule has 1 atom stereocenters. The third-order valence-corrected chi connectivity index (χ3v) is 7.44. The van der Waals surface area contributed by atoms with Crippen LogP contribution in [0.15, 0.2) is 28.2 Å². The van der Waals surface area contributed by atoms with Crippen LogP contribution < -0.4 is 15.6 Å². The molecule has 8 heteroatoms. The maximum Gasteiger partial charge on any atom is 0.263 e. The number of carbonyl (C=O) groups excluding carboxylic acids is 1. The van der Waals surface area contributed by atoms with Gasteiger partial charge in [-0.3, -0.25) is 14.2 Å². The standard InChI is InChI=1S/C23H29N3O3S2/c1-7-8-11-26-22(28)19-14(3)15(4)30-21(19)25-23(26)31-16(5)20(27)24-17-12-13(2)9-10-18(17)29-6/h9-10,12,16H,7-8,11H2,1-6H3,(H,24,27). The number of aryl methyl sites for hydroxylation is 3. The number of aromatic nitrogens is 2. The number of benzene rings is 1. The predicted molar refractivity (Wildman–Crippen MR) is 130 cm³/mol. The van der Waals surface area contributed by atoms with Crippen LogP contribution in [0.4, 0.5) is 5.69 Å². The van der Waals surface area contributed by atoms with E-state index < -0.39 is 5.25 Å². The normalized spacial score (nSPS) is 12.2. The minimum absolute atomic E-state index is 0.0178. The van der Waals surface area contributed by atoms with Crippen LogP contribution in [0.2, 0.25) is 0 Å². The molecule has 0 aliphatic carbocycles. The summed E-state index contributed by atoms with van der Waals surface area (Å²) in [4.78, 5) is 32.8. The highest BCUT2D eigenvalue weighted by Gasteiger charge is 2.22. The lowest BCUT2D eigenvalue weighted by molar-refractivity contribution is -0.115. The Balaban J connectivity index is 1.92. The summed E-state index contributed by atoms with van der Waals surface area (Å²) >= 11 is 2.84. The molecule has 0 saturated heterocycles. The molecule has 6 nitrogen and oxygen atoms in total. The molecule has 3 aromatic rings. The quantitative estimate of drug-likeness (QED) is 0.365. The number of nitrogens with zero attached hydrogens (tertiary/aromatic N) is 2. The van der Waals surface area contributed by atoms with Crippen molar-refractivity contribution in [2.24, 2.45) is 0 Å². The Morgan fingerprint density at radius 3 is 2.74 bits per heavy atom. The lowest BCUT2D eigenvalue weighted by Gasteiger charge is -2.17. The van der Waals surface area contributed by atoms with E-state index in [9.17, 15) is 9.59 Å². The van der Waals surface area contributed by atoms with Crippen molar-refractivity contribution in [1.82, 2.24) is 9.55 Å². The first-order chi connectivity index (χ1) is 14.8. The van der Waals surface area contributed by atoms with Crippen LogP contribution in [-0.4, -0.2) is 27.8 Å². The van der Waals surface area contributed by atoms with Gasteiger partial charge < -0.3 is 10.1 Å². The zero-order valence-electron chi connectivity index (χ0n) is 18.9. The molecule has 0 saturated carbocycles. The van der Waals surface area contributed by atoms with Gasteiger partial charge in [0.25, 0.3) is 5.56 Å². The fourth-order valence-electron chi connectivity index (χ4n) is 3.28. The number of methoxy groups -OCH3 is 1. The van der Waals surface area contributed by atoms with Gasteiger partial charge in [0.05, 0.1) is 23.4 Å². The third-order valence-electron chi connectivity index (χ3n) is 5.25. The first-order valence-electron chi connectivity index (χ1n) is 10.4. The first-order valence-corrected chi connectivity index (χ1v) is 12.1. The number of carbonyl (C=O) groups is 1.